The minimum absolute atomic E-state index is 0.00271. The van der Waals surface area contributed by atoms with E-state index >= 15 is 43.2 Å². The molecule has 20 N–H and O–H groups in total. The summed E-state index contributed by atoms with van der Waals surface area (Å²) in [6, 6.07) is 3.84. The lowest BCUT2D eigenvalue weighted by Gasteiger charge is -2.38. The fourth-order valence-electron chi connectivity index (χ4n) is 18.3. The summed E-state index contributed by atoms with van der Waals surface area (Å²) in [5.41, 5.74) is -2.12. The van der Waals surface area contributed by atoms with Gasteiger partial charge in [-0.05, 0) is 210 Å². The minimum Gasteiger partial charge on any atom is -0.481 e. The Morgan fingerprint density at radius 2 is 1.10 bits per heavy atom. The van der Waals surface area contributed by atoms with Gasteiger partial charge >= 0.3 is 24.0 Å². The highest BCUT2D eigenvalue weighted by Crippen LogP contribution is 2.36. The molecule has 10 rings (SSSR count). The molecule has 5 aromatic rings. The molecule has 0 aliphatic carbocycles. The van der Waals surface area contributed by atoms with E-state index in [4.69, 9.17) is 10.5 Å². The number of cyclic esters (lactones) is 1. The molecule has 14 atom stereocenters. The Kier molecular flexibility index (Phi) is 40.9. The number of carbonyl (C=O) groups is 21. The van der Waals surface area contributed by atoms with E-state index in [-0.39, 0.29) is 159 Å². The molecule has 18 amide bonds. The Bertz CT molecular complexity index is 5750. The van der Waals surface area contributed by atoms with Crippen molar-refractivity contribution in [1.29, 1.82) is 0 Å². The zero-order valence-electron chi connectivity index (χ0n) is 83.6. The van der Waals surface area contributed by atoms with E-state index in [0.29, 0.717) is 28.5 Å². The summed E-state index contributed by atoms with van der Waals surface area (Å²) >= 11 is 2.61. The summed E-state index contributed by atoms with van der Waals surface area (Å²) in [5.74, 6) is -21.3. The molecule has 45 heteroatoms. The third kappa shape index (κ3) is 32.7. The van der Waals surface area contributed by atoms with Crippen LogP contribution in [-0.2, 0) is 122 Å². The SMILES string of the molecule is CC(=O)N1CCC[C@]12C/C=C\CCC[C@]1(CCCC=CCCCOC(=O)N3CC[C@@]4(C3)NC(=O)[C@H](CCCCNC(=O)CC[C@@H](C(=O)N[C@@H](C)C(N)=O)NC(=O)[C@H](Cc3csc5ccccc35)NC(=O)[C@H](Cc3ccsc3)NC4=O)NC(=O)[C@H](Cc3ccccc3)NC(=O)[C@H](C)NC(=O)C(C)(C)NC(=O)[C@H](Cc3cccc(C(=O)O)c3)NC(=O)[C@H](CC(=O)O)NC1=O)NC(=O)[C@H](CC(C)(C)C)NC(=O)[C@H](CC(=O)O)NC2=O. The number of nitrogens with zero attached hydrogens (tertiary/aromatic N) is 2. The van der Waals surface area contributed by atoms with Crippen LogP contribution in [-0.4, -0.2) is 271 Å². The van der Waals surface area contributed by atoms with E-state index in [2.05, 4.69) is 79.8 Å². The topological polar surface area (TPSA) is 641 Å². The Balaban J connectivity index is 1.05. The third-order valence-corrected chi connectivity index (χ3v) is 28.2. The van der Waals surface area contributed by atoms with Crippen molar-refractivity contribution < 1.29 is 121 Å². The van der Waals surface area contributed by atoms with Crippen LogP contribution in [0.2, 0.25) is 0 Å². The normalized spacial score (nSPS) is 26.4. The van der Waals surface area contributed by atoms with Crippen molar-refractivity contribution in [1.82, 2.24) is 89.6 Å². The smallest absolute Gasteiger partial charge is 0.409 e. The molecular weight excluding hydrogens is 1940 g/mol. The molecule has 0 radical (unpaired) electrons. The molecule has 794 valence electrons. The average molecular weight is 2080 g/mol. The van der Waals surface area contributed by atoms with Crippen LogP contribution < -0.4 is 85.5 Å². The first-order valence-electron chi connectivity index (χ1n) is 49.3. The fourth-order valence-corrected chi connectivity index (χ4v) is 20.0. The number of rotatable bonds is 17. The van der Waals surface area contributed by atoms with Crippen molar-refractivity contribution in [3.8, 4) is 0 Å². The lowest BCUT2D eigenvalue weighted by molar-refractivity contribution is -0.146. The van der Waals surface area contributed by atoms with E-state index in [0.717, 1.165) is 9.60 Å². The number of carboxylic acids is 3. The van der Waals surface area contributed by atoms with Crippen molar-refractivity contribution >= 4 is 157 Å². The number of aliphatic carboxylic acids is 2. The van der Waals surface area contributed by atoms with E-state index in [1.165, 1.54) is 86.5 Å². The molecular formula is C102H134N18O25S2. The van der Waals surface area contributed by atoms with Crippen molar-refractivity contribution in [2.45, 2.75) is 298 Å². The first-order chi connectivity index (χ1) is 69.7. The van der Waals surface area contributed by atoms with Gasteiger partial charge in [0.05, 0.1) is 31.6 Å². The third-order valence-electron chi connectivity index (χ3n) is 26.5. The van der Waals surface area contributed by atoms with Crippen LogP contribution in [0.5, 0.6) is 0 Å². The molecule has 7 heterocycles. The maximum absolute atomic E-state index is 16.1. The molecule has 43 nitrogen and oxygen atoms in total. The Morgan fingerprint density at radius 3 is 1.75 bits per heavy atom. The molecule has 147 heavy (non-hydrogen) atoms. The van der Waals surface area contributed by atoms with Gasteiger partial charge < -0.3 is 115 Å². The summed E-state index contributed by atoms with van der Waals surface area (Å²) in [5, 5.41) is 77.1. The molecule has 0 saturated carbocycles. The predicted octanol–water partition coefficient (Wildman–Crippen LogP) is 2.73. The predicted molar refractivity (Wildman–Crippen MR) is 538 cm³/mol. The highest BCUT2D eigenvalue weighted by molar-refractivity contribution is 7.17. The lowest BCUT2D eigenvalue weighted by Crippen LogP contribution is -2.66. The number of carbonyl (C=O) groups excluding carboxylic acids is 18. The van der Waals surface area contributed by atoms with E-state index in [1.807, 2.05) is 18.2 Å². The minimum atomic E-state index is -2.23. The maximum Gasteiger partial charge on any atom is 0.409 e. The molecule has 2 aromatic heterocycles. The second-order valence-electron chi connectivity index (χ2n) is 39.7. The number of hydrogen-bond acceptors (Lipinski definition) is 24. The van der Waals surface area contributed by atoms with Gasteiger partial charge in [-0.1, -0.05) is 106 Å². The van der Waals surface area contributed by atoms with Gasteiger partial charge in [0.2, 0.25) is 100 Å². The Labute approximate surface area is 858 Å². The average Bonchev–Trinajstić information content (AvgIpc) is 1.63. The molecule has 3 bridgehead atoms. The number of amides is 18. The van der Waals surface area contributed by atoms with E-state index < -0.39 is 251 Å². The van der Waals surface area contributed by atoms with Gasteiger partial charge in [0.1, 0.15) is 88.6 Å². The number of benzene rings is 3. The second-order valence-corrected chi connectivity index (χ2v) is 41.4. The zero-order chi connectivity index (χ0) is 107. The van der Waals surface area contributed by atoms with Crippen LogP contribution in [0.1, 0.15) is 216 Å². The van der Waals surface area contributed by atoms with Gasteiger partial charge in [-0.15, -0.1) is 11.3 Å². The van der Waals surface area contributed by atoms with Crippen molar-refractivity contribution in [3.63, 3.8) is 0 Å². The van der Waals surface area contributed by atoms with Gasteiger partial charge in [0.15, 0.2) is 0 Å². The number of thiophene rings is 2. The van der Waals surface area contributed by atoms with E-state index in [1.54, 1.807) is 104 Å². The quantitative estimate of drug-likeness (QED) is 0.0595. The number of aromatic carboxylic acids is 1. The molecule has 3 fully saturated rings. The highest BCUT2D eigenvalue weighted by atomic mass is 32.1. The van der Waals surface area contributed by atoms with Gasteiger partial charge in [-0.2, -0.15) is 11.3 Å². The monoisotopic (exact) mass is 2070 g/mol. The van der Waals surface area contributed by atoms with Gasteiger partial charge in [0, 0.05) is 63.4 Å². The molecule has 5 aliphatic heterocycles. The number of nitrogens with one attached hydrogen (secondary N) is 15. The molecule has 5 aliphatic rings. The van der Waals surface area contributed by atoms with Crippen molar-refractivity contribution in [3.05, 3.63) is 153 Å². The van der Waals surface area contributed by atoms with Gasteiger partial charge in [-0.25, -0.2) is 9.59 Å². The summed E-state index contributed by atoms with van der Waals surface area (Å²) in [6.45, 7) is 10.2. The molecule has 0 unspecified atom stereocenters. The summed E-state index contributed by atoms with van der Waals surface area (Å²) in [7, 11) is 0. The first kappa shape index (κ1) is 114. The van der Waals surface area contributed by atoms with Crippen LogP contribution in [0, 0.1) is 5.41 Å². The number of primary amides is 1. The van der Waals surface area contributed by atoms with Crippen molar-refractivity contribution in [2.75, 3.05) is 32.8 Å². The van der Waals surface area contributed by atoms with Crippen LogP contribution in [0.15, 0.2) is 125 Å². The van der Waals surface area contributed by atoms with E-state index in [9.17, 15) is 72.9 Å². The molecule has 3 spiro atoms. The summed E-state index contributed by atoms with van der Waals surface area (Å²) < 4.78 is 6.71. The van der Waals surface area contributed by atoms with Crippen LogP contribution in [0.4, 0.5) is 4.79 Å². The number of fused-ring (bicyclic) bond motifs is 4. The summed E-state index contributed by atoms with van der Waals surface area (Å²) in [4.78, 5) is 309. The van der Waals surface area contributed by atoms with Crippen LogP contribution >= 0.6 is 22.7 Å². The number of likely N-dealkylation sites (tertiary alicyclic amines) is 1. The largest absolute Gasteiger partial charge is 0.481 e. The van der Waals surface area contributed by atoms with Crippen LogP contribution in [0.3, 0.4) is 0 Å². The fraction of sp³-hybridized carbons (Fsp3) is 0.520. The number of carboxylic acid groups (broad SMARTS) is 3. The molecule has 3 saturated heterocycles. The number of hydrogen-bond donors (Lipinski definition) is 19. The number of nitrogens with two attached hydrogens (primary N) is 1. The summed E-state index contributed by atoms with van der Waals surface area (Å²) in [6.07, 6.45) is 0.811. The zero-order valence-corrected chi connectivity index (χ0v) is 85.2. The highest BCUT2D eigenvalue weighted by Gasteiger charge is 2.53. The lowest BCUT2D eigenvalue weighted by atomic mass is 9.83. The van der Waals surface area contributed by atoms with Gasteiger partial charge in [-0.3, -0.25) is 91.1 Å². The van der Waals surface area contributed by atoms with Crippen LogP contribution in [0.25, 0.3) is 10.1 Å². The molecule has 3 aromatic carbocycles. The standard InChI is InChI=1S/C102H134N18O25S2/c1-59(81(103)127)105-83(129)69-35-36-78(122)104-43-24-20-33-68-89(135)118-101(95(142)113-71(51-64-37-47-146-56-64)85(131)111-73(86(132)108-69)52-66-57-147-77-34-19-18-32-67(66)77)42-45-119(58-101)97(144)145-46-25-14-10-9-11-21-38-100(39-22-12-13-23-40-102(41-27-44-120(102)61(3)121)96(143)115-75(54-80(125)126)88(134)112-76(91(137)117-100)55-98(4,5)6)94(141)114-74(53-79(123)124)87(133)110-72(50-63-30-26-31-65(48-63)92(138)139)90(136)116-99(7,8)93(140)106-60(2)82(128)109-70(84(130)107-68)49-62-28-16-15-17-29-62/h9-10,13,15-19,23,26,28-32,34,37,47-48,56-57,59-60,68-76H,11-12,14,20-22,24-25,27,33,35-36,38-46,49-55,58H2,1-8H3,(H2,103,127)(H,104,122)(H,105,129)(H,106,140)(H,107,130)(H,108,132)(H,109,128)(H,110,133)(H,111,131)(H,112,134)(H,113,142)(H,114,141)(H,115,143)(H,116,136)(H,117,137)(H,118,135)(H,123,124)(H,125,126)(H,138,139)/b10-9?,23-13-/t59-,60-,68-,69-,70-,71-,72-,73-,74-,75-,76-,100-,101-,102-/m0/s1. The van der Waals surface area contributed by atoms with Gasteiger partial charge in [0.25, 0.3) is 0 Å². The first-order valence-corrected chi connectivity index (χ1v) is 51.1. The Hall–Kier alpha value is -14.5. The number of ether oxygens (including phenoxy) is 1. The second kappa shape index (κ2) is 52.5. The maximum atomic E-state index is 16.1. The Morgan fingerprint density at radius 1 is 0.531 bits per heavy atom. The number of allylic oxidation sites excluding steroid dienone is 3. The van der Waals surface area contributed by atoms with Crippen molar-refractivity contribution in [2.24, 2.45) is 11.1 Å².